The standard InChI is InChI=1S/C21H33N3O/c22-16-21(10-11-21)18-6-8-19(9-7-18)23-12-14-24(15-13-23)20(25)17-4-2-1-3-5-17/h6,8,17-20,25H,1-5,7,9-15H2. The summed E-state index contributed by atoms with van der Waals surface area (Å²) in [5, 5.41) is 20.1. The van der Waals surface area contributed by atoms with Crippen molar-refractivity contribution in [3.05, 3.63) is 12.2 Å². The molecule has 4 rings (SSSR count). The first-order valence-corrected chi connectivity index (χ1v) is 10.5. The van der Waals surface area contributed by atoms with Gasteiger partial charge in [0.1, 0.15) is 6.23 Å². The molecule has 4 nitrogen and oxygen atoms in total. The van der Waals surface area contributed by atoms with E-state index in [9.17, 15) is 10.4 Å². The van der Waals surface area contributed by atoms with Crippen LogP contribution < -0.4 is 0 Å². The Balaban J connectivity index is 1.26. The van der Waals surface area contributed by atoms with Gasteiger partial charge in [0.15, 0.2) is 0 Å². The van der Waals surface area contributed by atoms with E-state index in [1.165, 1.54) is 44.9 Å². The van der Waals surface area contributed by atoms with Crippen LogP contribution in [0.1, 0.15) is 57.8 Å². The highest BCUT2D eigenvalue weighted by molar-refractivity contribution is 5.20. The number of nitriles is 1. The Labute approximate surface area is 152 Å². The fourth-order valence-corrected chi connectivity index (χ4v) is 5.33. The molecule has 1 aliphatic heterocycles. The smallest absolute Gasteiger partial charge is 0.110 e. The first-order chi connectivity index (χ1) is 12.2. The van der Waals surface area contributed by atoms with Gasteiger partial charge in [-0.1, -0.05) is 31.4 Å². The summed E-state index contributed by atoms with van der Waals surface area (Å²) in [6.07, 6.45) is 15.4. The minimum atomic E-state index is -0.223. The highest BCUT2D eigenvalue weighted by Crippen LogP contribution is 2.54. The molecular weight excluding hydrogens is 310 g/mol. The lowest BCUT2D eigenvalue weighted by Gasteiger charge is -2.43. The van der Waals surface area contributed by atoms with Crippen LogP contribution in [0.3, 0.4) is 0 Å². The fraction of sp³-hybridized carbons (Fsp3) is 0.857. The van der Waals surface area contributed by atoms with Crippen LogP contribution in [-0.4, -0.2) is 53.4 Å². The Morgan fingerprint density at radius 3 is 2.24 bits per heavy atom. The first-order valence-electron chi connectivity index (χ1n) is 10.5. The Kier molecular flexibility index (Phi) is 5.18. The lowest BCUT2D eigenvalue weighted by Crippen LogP contribution is -2.54. The van der Waals surface area contributed by atoms with Gasteiger partial charge < -0.3 is 5.11 Å². The largest absolute Gasteiger partial charge is 0.378 e. The molecule has 3 unspecified atom stereocenters. The Bertz CT molecular complexity index is 522. The van der Waals surface area contributed by atoms with Gasteiger partial charge in [-0.25, -0.2) is 0 Å². The number of aliphatic hydroxyl groups is 1. The van der Waals surface area contributed by atoms with Gasteiger partial charge in [-0.05, 0) is 50.4 Å². The van der Waals surface area contributed by atoms with Gasteiger partial charge in [-0.2, -0.15) is 5.26 Å². The van der Waals surface area contributed by atoms with Crippen molar-refractivity contribution in [2.45, 2.75) is 70.1 Å². The molecule has 0 amide bonds. The Hall–Kier alpha value is -0.890. The zero-order valence-electron chi connectivity index (χ0n) is 15.4. The van der Waals surface area contributed by atoms with Crippen LogP contribution in [0.4, 0.5) is 0 Å². The molecule has 0 aromatic rings. The molecule has 1 N–H and O–H groups in total. The summed E-state index contributed by atoms with van der Waals surface area (Å²) in [4.78, 5) is 4.90. The maximum Gasteiger partial charge on any atom is 0.110 e. The quantitative estimate of drug-likeness (QED) is 0.797. The van der Waals surface area contributed by atoms with Gasteiger partial charge in [0, 0.05) is 32.2 Å². The van der Waals surface area contributed by atoms with Crippen molar-refractivity contribution in [2.75, 3.05) is 26.2 Å². The van der Waals surface area contributed by atoms with E-state index >= 15 is 0 Å². The maximum atomic E-state index is 10.7. The summed E-state index contributed by atoms with van der Waals surface area (Å²) in [7, 11) is 0. The van der Waals surface area contributed by atoms with E-state index in [0.29, 0.717) is 17.9 Å². The number of hydrogen-bond donors (Lipinski definition) is 1. The van der Waals surface area contributed by atoms with Crippen LogP contribution in [0.25, 0.3) is 0 Å². The molecule has 0 aromatic heterocycles. The summed E-state index contributed by atoms with van der Waals surface area (Å²) in [6.45, 7) is 4.11. The molecule has 1 heterocycles. The molecule has 4 aliphatic rings. The topological polar surface area (TPSA) is 50.5 Å². The second kappa shape index (κ2) is 7.39. The zero-order valence-corrected chi connectivity index (χ0v) is 15.4. The molecule has 0 radical (unpaired) electrons. The summed E-state index contributed by atoms with van der Waals surface area (Å²) in [5.41, 5.74) is -0.00965. The Morgan fingerprint density at radius 2 is 1.68 bits per heavy atom. The van der Waals surface area contributed by atoms with E-state index in [0.717, 1.165) is 39.0 Å². The summed E-state index contributed by atoms with van der Waals surface area (Å²) in [5.74, 6) is 0.986. The van der Waals surface area contributed by atoms with Crippen molar-refractivity contribution in [1.82, 2.24) is 9.80 Å². The molecule has 138 valence electrons. The number of allylic oxidation sites excluding steroid dienone is 1. The minimum Gasteiger partial charge on any atom is -0.378 e. The second-order valence-corrected chi connectivity index (χ2v) is 8.79. The third-order valence-corrected chi connectivity index (χ3v) is 7.32. The average molecular weight is 344 g/mol. The van der Waals surface area contributed by atoms with E-state index in [1.54, 1.807) is 0 Å². The van der Waals surface area contributed by atoms with Gasteiger partial charge in [-0.3, -0.25) is 9.80 Å². The summed E-state index contributed by atoms with van der Waals surface area (Å²) in [6, 6.07) is 3.11. The molecule has 0 spiro atoms. The number of rotatable bonds is 4. The molecule has 2 saturated carbocycles. The predicted octanol–water partition coefficient (Wildman–Crippen LogP) is 3.14. The number of aliphatic hydroxyl groups excluding tert-OH is 1. The fourth-order valence-electron chi connectivity index (χ4n) is 5.33. The number of hydrogen-bond acceptors (Lipinski definition) is 4. The van der Waals surface area contributed by atoms with E-state index < -0.39 is 0 Å². The molecular formula is C21H33N3O. The second-order valence-electron chi connectivity index (χ2n) is 8.79. The average Bonchev–Trinajstić information content (AvgIpc) is 3.50. The summed E-state index contributed by atoms with van der Waals surface area (Å²) >= 11 is 0. The molecule has 3 atom stereocenters. The van der Waals surface area contributed by atoms with E-state index in [-0.39, 0.29) is 11.6 Å². The van der Waals surface area contributed by atoms with Gasteiger partial charge in [0.2, 0.25) is 0 Å². The molecule has 0 bridgehead atoms. The van der Waals surface area contributed by atoms with Crippen LogP contribution in [0.15, 0.2) is 12.2 Å². The monoisotopic (exact) mass is 343 g/mol. The van der Waals surface area contributed by atoms with E-state index in [4.69, 9.17) is 0 Å². The third kappa shape index (κ3) is 3.65. The number of nitrogens with zero attached hydrogens (tertiary/aromatic N) is 3. The van der Waals surface area contributed by atoms with E-state index in [1.807, 2.05) is 0 Å². The minimum absolute atomic E-state index is 0.00965. The van der Waals surface area contributed by atoms with Crippen molar-refractivity contribution < 1.29 is 5.11 Å². The molecule has 3 aliphatic carbocycles. The van der Waals surface area contributed by atoms with Crippen molar-refractivity contribution >= 4 is 0 Å². The molecule has 25 heavy (non-hydrogen) atoms. The third-order valence-electron chi connectivity index (χ3n) is 7.32. The van der Waals surface area contributed by atoms with Crippen molar-refractivity contribution in [3.63, 3.8) is 0 Å². The predicted molar refractivity (Wildman–Crippen MR) is 98.7 cm³/mol. The van der Waals surface area contributed by atoms with Gasteiger partial charge in [0.05, 0.1) is 11.5 Å². The van der Waals surface area contributed by atoms with Gasteiger partial charge >= 0.3 is 0 Å². The van der Waals surface area contributed by atoms with Gasteiger partial charge in [0.25, 0.3) is 0 Å². The SMILES string of the molecule is N#CC1(C2C=CC(N3CCN(C(O)C4CCCCC4)CC3)CC2)CC1. The van der Waals surface area contributed by atoms with Crippen LogP contribution in [-0.2, 0) is 0 Å². The lowest BCUT2D eigenvalue weighted by molar-refractivity contribution is -0.0726. The molecule has 4 heteroatoms. The van der Waals surface area contributed by atoms with Crippen LogP contribution in [0.5, 0.6) is 0 Å². The normalized spacial score (nSPS) is 35.2. The zero-order chi connectivity index (χ0) is 17.3. The van der Waals surface area contributed by atoms with Crippen molar-refractivity contribution in [3.8, 4) is 6.07 Å². The highest BCUT2D eigenvalue weighted by atomic mass is 16.3. The van der Waals surface area contributed by atoms with Crippen molar-refractivity contribution in [2.24, 2.45) is 17.3 Å². The molecule has 3 fully saturated rings. The van der Waals surface area contributed by atoms with Crippen LogP contribution in [0, 0.1) is 28.6 Å². The van der Waals surface area contributed by atoms with Gasteiger partial charge in [-0.15, -0.1) is 0 Å². The van der Waals surface area contributed by atoms with Crippen LogP contribution in [0.2, 0.25) is 0 Å². The van der Waals surface area contributed by atoms with Crippen molar-refractivity contribution in [1.29, 1.82) is 5.26 Å². The lowest BCUT2D eigenvalue weighted by atomic mass is 9.81. The first kappa shape index (κ1) is 17.5. The summed E-state index contributed by atoms with van der Waals surface area (Å²) < 4.78 is 0. The highest BCUT2D eigenvalue weighted by Gasteiger charge is 2.49. The Morgan fingerprint density at radius 1 is 0.960 bits per heavy atom. The molecule has 1 saturated heterocycles. The molecule has 0 aromatic carbocycles. The van der Waals surface area contributed by atoms with E-state index in [2.05, 4.69) is 28.0 Å². The maximum absolute atomic E-state index is 10.7. The van der Waals surface area contributed by atoms with Crippen LogP contribution >= 0.6 is 0 Å². The number of piperazine rings is 1.